The minimum Gasteiger partial charge on any atom is -0.439 e. The fraction of sp³-hybridized carbons (Fsp3) is 0.261. The van der Waals surface area contributed by atoms with Gasteiger partial charge in [0, 0.05) is 23.2 Å². The van der Waals surface area contributed by atoms with E-state index in [1.165, 1.54) is 25.6 Å². The normalized spacial score (nSPS) is 14.4. The predicted octanol–water partition coefficient (Wildman–Crippen LogP) is 5.00. The second-order valence-electron chi connectivity index (χ2n) is 7.05. The molecular formula is C23H23N3O2. The highest BCUT2D eigenvalue weighted by Crippen LogP contribution is 2.24. The topological polar surface area (TPSA) is 64.1 Å². The lowest BCUT2D eigenvalue weighted by atomic mass is 9.95. The fourth-order valence-corrected chi connectivity index (χ4v) is 3.50. The maximum atomic E-state index is 12.6. The number of nitrogens with one attached hydrogen (secondary N) is 1. The second kappa shape index (κ2) is 8.65. The number of benzene rings is 2. The number of amides is 1. The number of carbonyl (C=O) groups excluding carboxylic acids is 1. The molecule has 4 rings (SSSR count). The quantitative estimate of drug-likeness (QED) is 0.684. The van der Waals surface area contributed by atoms with Gasteiger partial charge in [-0.1, -0.05) is 49.6 Å². The summed E-state index contributed by atoms with van der Waals surface area (Å²) in [5, 5.41) is 3.16. The van der Waals surface area contributed by atoms with Crippen LogP contribution in [-0.2, 0) is 0 Å². The summed E-state index contributed by atoms with van der Waals surface area (Å²) >= 11 is 0. The zero-order valence-electron chi connectivity index (χ0n) is 15.7. The van der Waals surface area contributed by atoms with Gasteiger partial charge in [0.1, 0.15) is 12.1 Å². The summed E-state index contributed by atoms with van der Waals surface area (Å²) in [5.74, 6) is 1.16. The van der Waals surface area contributed by atoms with Crippen molar-refractivity contribution in [3.63, 3.8) is 0 Å². The maximum absolute atomic E-state index is 12.6. The van der Waals surface area contributed by atoms with Gasteiger partial charge in [-0.25, -0.2) is 9.97 Å². The molecule has 1 aromatic heterocycles. The Hall–Kier alpha value is -3.21. The Morgan fingerprint density at radius 3 is 2.57 bits per heavy atom. The van der Waals surface area contributed by atoms with Crippen LogP contribution in [0, 0.1) is 0 Å². The van der Waals surface area contributed by atoms with E-state index in [1.54, 1.807) is 6.07 Å². The molecule has 5 nitrogen and oxygen atoms in total. The number of para-hydroxylation sites is 1. The van der Waals surface area contributed by atoms with Crippen molar-refractivity contribution in [3.8, 4) is 22.9 Å². The van der Waals surface area contributed by atoms with Crippen molar-refractivity contribution in [2.45, 2.75) is 38.1 Å². The third-order valence-corrected chi connectivity index (χ3v) is 4.97. The molecule has 2 aromatic carbocycles. The molecule has 5 heteroatoms. The molecule has 1 heterocycles. The Kier molecular flexibility index (Phi) is 5.61. The molecule has 0 radical (unpaired) electrons. The van der Waals surface area contributed by atoms with Crippen LogP contribution in [0.3, 0.4) is 0 Å². The molecule has 1 N–H and O–H groups in total. The summed E-state index contributed by atoms with van der Waals surface area (Å²) in [6.07, 6.45) is 7.26. The Balaban J connectivity index is 1.50. The van der Waals surface area contributed by atoms with Crippen LogP contribution in [0.15, 0.2) is 67.0 Å². The monoisotopic (exact) mass is 373 g/mol. The molecule has 0 bridgehead atoms. The van der Waals surface area contributed by atoms with Crippen molar-refractivity contribution in [1.29, 1.82) is 0 Å². The highest BCUT2D eigenvalue weighted by atomic mass is 16.5. The molecule has 142 valence electrons. The van der Waals surface area contributed by atoms with Crippen LogP contribution in [0.4, 0.5) is 0 Å². The van der Waals surface area contributed by atoms with Gasteiger partial charge in [0.15, 0.2) is 0 Å². The largest absolute Gasteiger partial charge is 0.439 e. The van der Waals surface area contributed by atoms with Crippen molar-refractivity contribution in [1.82, 2.24) is 15.3 Å². The van der Waals surface area contributed by atoms with E-state index in [0.717, 1.165) is 18.4 Å². The average molecular weight is 373 g/mol. The van der Waals surface area contributed by atoms with E-state index < -0.39 is 0 Å². The molecule has 0 spiro atoms. The van der Waals surface area contributed by atoms with Gasteiger partial charge < -0.3 is 10.1 Å². The van der Waals surface area contributed by atoms with Crippen LogP contribution in [0.1, 0.15) is 42.5 Å². The van der Waals surface area contributed by atoms with E-state index in [1.807, 2.05) is 54.6 Å². The standard InChI is InChI=1S/C23H23N3O2/c27-23(26-19-10-3-1-4-11-19)18-9-7-8-17(14-18)21-15-22(25-16-24-21)28-20-12-5-2-6-13-20/h2,5-9,12-16,19H,1,3-4,10-11H2,(H,26,27). The first-order chi connectivity index (χ1) is 13.8. The highest BCUT2D eigenvalue weighted by Gasteiger charge is 2.17. The maximum Gasteiger partial charge on any atom is 0.251 e. The van der Waals surface area contributed by atoms with Crippen molar-refractivity contribution in [2.75, 3.05) is 0 Å². The summed E-state index contributed by atoms with van der Waals surface area (Å²) in [7, 11) is 0. The molecule has 0 saturated heterocycles. The van der Waals surface area contributed by atoms with E-state index >= 15 is 0 Å². The summed E-state index contributed by atoms with van der Waals surface area (Å²) in [6.45, 7) is 0. The summed E-state index contributed by atoms with van der Waals surface area (Å²) < 4.78 is 5.79. The molecule has 1 aliphatic rings. The molecule has 1 aliphatic carbocycles. The number of ether oxygens (including phenoxy) is 1. The summed E-state index contributed by atoms with van der Waals surface area (Å²) in [5.41, 5.74) is 2.22. The first kappa shape index (κ1) is 18.2. The van der Waals surface area contributed by atoms with Crippen LogP contribution in [0.5, 0.6) is 11.6 Å². The SMILES string of the molecule is O=C(NC1CCCCC1)c1cccc(-c2cc(Oc3ccccc3)ncn2)c1. The van der Waals surface area contributed by atoms with Crippen LogP contribution in [-0.4, -0.2) is 21.9 Å². The number of rotatable bonds is 5. The fourth-order valence-electron chi connectivity index (χ4n) is 3.50. The molecule has 0 atom stereocenters. The van der Waals surface area contributed by atoms with Crippen molar-refractivity contribution < 1.29 is 9.53 Å². The van der Waals surface area contributed by atoms with Gasteiger partial charge >= 0.3 is 0 Å². The van der Waals surface area contributed by atoms with E-state index in [9.17, 15) is 4.79 Å². The highest BCUT2D eigenvalue weighted by molar-refractivity contribution is 5.95. The number of hydrogen-bond acceptors (Lipinski definition) is 4. The summed E-state index contributed by atoms with van der Waals surface area (Å²) in [4.78, 5) is 21.2. The minimum atomic E-state index is -0.0245. The first-order valence-corrected chi connectivity index (χ1v) is 9.74. The lowest BCUT2D eigenvalue weighted by Crippen LogP contribution is -2.36. The van der Waals surface area contributed by atoms with Gasteiger partial charge in [-0.3, -0.25) is 4.79 Å². The van der Waals surface area contributed by atoms with Crippen molar-refractivity contribution in [3.05, 3.63) is 72.6 Å². The third-order valence-electron chi connectivity index (χ3n) is 4.97. The van der Waals surface area contributed by atoms with Gasteiger partial charge in [0.2, 0.25) is 5.88 Å². The van der Waals surface area contributed by atoms with Gasteiger partial charge in [-0.15, -0.1) is 0 Å². The molecule has 1 fully saturated rings. The molecule has 28 heavy (non-hydrogen) atoms. The zero-order valence-corrected chi connectivity index (χ0v) is 15.7. The van der Waals surface area contributed by atoms with Crippen LogP contribution in [0.25, 0.3) is 11.3 Å². The van der Waals surface area contributed by atoms with E-state index in [-0.39, 0.29) is 11.9 Å². The molecule has 1 saturated carbocycles. The van der Waals surface area contributed by atoms with E-state index in [0.29, 0.717) is 22.9 Å². The third kappa shape index (κ3) is 4.55. The van der Waals surface area contributed by atoms with Crippen molar-refractivity contribution in [2.24, 2.45) is 0 Å². The van der Waals surface area contributed by atoms with Crippen LogP contribution < -0.4 is 10.1 Å². The Morgan fingerprint density at radius 1 is 0.929 bits per heavy atom. The second-order valence-corrected chi connectivity index (χ2v) is 7.05. The lowest BCUT2D eigenvalue weighted by Gasteiger charge is -2.22. The van der Waals surface area contributed by atoms with Crippen LogP contribution in [0.2, 0.25) is 0 Å². The summed E-state index contributed by atoms with van der Waals surface area (Å²) in [6, 6.07) is 19.1. The number of carbonyl (C=O) groups is 1. The van der Waals surface area contributed by atoms with Crippen molar-refractivity contribution >= 4 is 5.91 Å². The molecule has 1 amide bonds. The average Bonchev–Trinajstić information content (AvgIpc) is 2.75. The van der Waals surface area contributed by atoms with Gasteiger partial charge in [0.05, 0.1) is 5.69 Å². The Labute approximate surface area is 164 Å². The zero-order chi connectivity index (χ0) is 19.2. The van der Waals surface area contributed by atoms with Gasteiger partial charge in [-0.2, -0.15) is 0 Å². The van der Waals surface area contributed by atoms with Gasteiger partial charge in [0.25, 0.3) is 5.91 Å². The predicted molar refractivity (Wildman–Crippen MR) is 108 cm³/mol. The number of hydrogen-bond donors (Lipinski definition) is 1. The van der Waals surface area contributed by atoms with Crippen LogP contribution >= 0.6 is 0 Å². The Morgan fingerprint density at radius 2 is 1.75 bits per heavy atom. The number of aromatic nitrogens is 2. The smallest absolute Gasteiger partial charge is 0.251 e. The Bertz CT molecular complexity index is 937. The number of nitrogens with zero attached hydrogens (tertiary/aromatic N) is 2. The molecular weight excluding hydrogens is 350 g/mol. The molecule has 0 unspecified atom stereocenters. The first-order valence-electron chi connectivity index (χ1n) is 9.74. The minimum absolute atomic E-state index is 0.0245. The lowest BCUT2D eigenvalue weighted by molar-refractivity contribution is 0.0928. The van der Waals surface area contributed by atoms with E-state index in [2.05, 4.69) is 15.3 Å². The van der Waals surface area contributed by atoms with Gasteiger partial charge in [-0.05, 0) is 37.1 Å². The molecule has 3 aromatic rings. The van der Waals surface area contributed by atoms with E-state index in [4.69, 9.17) is 4.74 Å². The molecule has 0 aliphatic heterocycles.